The zero-order valence-corrected chi connectivity index (χ0v) is 5.59. The quantitative estimate of drug-likeness (QED) is 0.220. The van der Waals surface area contributed by atoms with Crippen LogP contribution in [-0.2, 0) is 0 Å². The van der Waals surface area contributed by atoms with E-state index in [2.05, 4.69) is 7.98 Å². The fraction of sp³-hybridized carbons (Fsp3) is 0. The van der Waals surface area contributed by atoms with Crippen LogP contribution in [0, 0.1) is 0 Å². The summed E-state index contributed by atoms with van der Waals surface area (Å²) in [5.74, 6) is 0. The third-order valence-corrected chi connectivity index (χ3v) is 0. The van der Waals surface area contributed by atoms with Crippen LogP contribution < -0.4 is 51.4 Å². The average molecular weight is 77.9 g/mol. The molecule has 0 aromatic rings. The van der Waals surface area contributed by atoms with Crippen LogP contribution in [0.4, 0.5) is 0 Å². The fourth-order valence-corrected chi connectivity index (χ4v) is 0. The SMILES string of the molecule is [B]N=[N-].[K+]. The van der Waals surface area contributed by atoms with E-state index in [9.17, 15) is 0 Å². The second-order valence-corrected chi connectivity index (χ2v) is 0.115. The van der Waals surface area contributed by atoms with Gasteiger partial charge in [-0.05, 0) is 0 Å². The van der Waals surface area contributed by atoms with E-state index in [1.54, 1.807) is 0 Å². The summed E-state index contributed by atoms with van der Waals surface area (Å²) in [6.07, 6.45) is 0. The van der Waals surface area contributed by atoms with Crippen molar-refractivity contribution >= 4 is 7.98 Å². The van der Waals surface area contributed by atoms with Gasteiger partial charge in [0, 0.05) is 0 Å². The van der Waals surface area contributed by atoms with Crippen molar-refractivity contribution in [2.45, 2.75) is 0 Å². The predicted molar refractivity (Wildman–Crippen MR) is 11.5 cm³/mol. The summed E-state index contributed by atoms with van der Waals surface area (Å²) in [5, 5.41) is 2.00. The summed E-state index contributed by atoms with van der Waals surface area (Å²) >= 11 is 0. The molecule has 0 aliphatic heterocycles. The molecule has 0 spiro atoms. The molecule has 0 aliphatic rings. The van der Waals surface area contributed by atoms with Crippen LogP contribution in [0.25, 0.3) is 5.53 Å². The minimum atomic E-state index is 0. The molecule has 0 rings (SSSR count). The van der Waals surface area contributed by atoms with Gasteiger partial charge in [0.2, 0.25) is 7.98 Å². The summed E-state index contributed by atoms with van der Waals surface area (Å²) in [5.41, 5.74) is 6.97. The van der Waals surface area contributed by atoms with Gasteiger partial charge in [0.05, 0.1) is 0 Å². The van der Waals surface area contributed by atoms with Gasteiger partial charge >= 0.3 is 51.4 Å². The molecule has 0 fully saturated rings. The third kappa shape index (κ3) is 10.3. The van der Waals surface area contributed by atoms with Crippen molar-refractivity contribution in [3.63, 3.8) is 0 Å². The fourth-order valence-electron chi connectivity index (χ4n) is 0. The van der Waals surface area contributed by atoms with E-state index in [-0.39, 0.29) is 51.4 Å². The zero-order chi connectivity index (χ0) is 2.71. The molecule has 0 bridgehead atoms. The molecule has 2 radical (unpaired) electrons. The van der Waals surface area contributed by atoms with E-state index in [1.807, 2.05) is 5.03 Å². The molecule has 2 nitrogen and oxygen atoms in total. The molecule has 0 saturated heterocycles. The van der Waals surface area contributed by atoms with Crippen molar-refractivity contribution < 1.29 is 51.4 Å². The van der Waals surface area contributed by atoms with Gasteiger partial charge in [-0.15, -0.1) is 0 Å². The monoisotopic (exact) mass is 78.0 g/mol. The van der Waals surface area contributed by atoms with E-state index in [0.717, 1.165) is 0 Å². The molecule has 0 aliphatic carbocycles. The summed E-state index contributed by atoms with van der Waals surface area (Å²) < 4.78 is 0. The van der Waals surface area contributed by atoms with E-state index in [0.29, 0.717) is 0 Å². The molecule has 0 aromatic carbocycles. The Kier molecular flexibility index (Phi) is 19.9. The van der Waals surface area contributed by atoms with Gasteiger partial charge < -0.3 is 10.6 Å². The minimum Gasteiger partial charge on any atom is -0.729 e. The topological polar surface area (TPSA) is 34.7 Å². The van der Waals surface area contributed by atoms with Gasteiger partial charge in [-0.3, -0.25) is 0 Å². The Morgan fingerprint density at radius 1 is 1.75 bits per heavy atom. The molecule has 4 heavy (non-hydrogen) atoms. The standard InChI is InChI=1S/BN2.K/c1-3-2;/q-1;+1. The molecule has 0 aromatic heterocycles. The summed E-state index contributed by atoms with van der Waals surface area (Å²) in [6.45, 7) is 0. The summed E-state index contributed by atoms with van der Waals surface area (Å²) in [4.78, 5) is 0. The van der Waals surface area contributed by atoms with Crippen molar-refractivity contribution in [3.8, 4) is 0 Å². The van der Waals surface area contributed by atoms with Crippen molar-refractivity contribution in [3.05, 3.63) is 5.53 Å². The Balaban J connectivity index is 0. The van der Waals surface area contributed by atoms with Crippen LogP contribution in [0.3, 0.4) is 0 Å². The van der Waals surface area contributed by atoms with E-state index in [4.69, 9.17) is 5.53 Å². The first-order valence-corrected chi connectivity index (χ1v) is 0.458. The van der Waals surface area contributed by atoms with Crippen molar-refractivity contribution in [1.29, 1.82) is 0 Å². The van der Waals surface area contributed by atoms with E-state index < -0.39 is 0 Å². The minimum absolute atomic E-state index is 0. The third-order valence-electron chi connectivity index (χ3n) is 0. The number of rotatable bonds is 0. The van der Waals surface area contributed by atoms with Crippen molar-refractivity contribution in [2.75, 3.05) is 0 Å². The van der Waals surface area contributed by atoms with Crippen LogP contribution >= 0.6 is 0 Å². The largest absolute Gasteiger partial charge is 1.00 e. The van der Waals surface area contributed by atoms with E-state index in [1.165, 1.54) is 0 Å². The van der Waals surface area contributed by atoms with Gasteiger partial charge in [-0.2, -0.15) is 0 Å². The Hall–Kier alpha value is 1.30. The van der Waals surface area contributed by atoms with Crippen LogP contribution in [0.2, 0.25) is 0 Å². The second kappa shape index (κ2) is 8.85. The molecule has 0 saturated carbocycles. The number of hydrogen-bond acceptors (Lipinski definition) is 1. The Labute approximate surface area is 68.7 Å². The van der Waals surface area contributed by atoms with Crippen LogP contribution in [-0.4, -0.2) is 7.98 Å². The predicted octanol–water partition coefficient (Wildman–Crippen LogP) is -2.90. The van der Waals surface area contributed by atoms with Gasteiger partial charge in [-0.25, -0.2) is 0 Å². The maximum Gasteiger partial charge on any atom is 1.00 e. The molecule has 0 heterocycles. The Bertz CT molecular complexity index is 13.5. The first-order valence-electron chi connectivity index (χ1n) is 0.458. The number of nitrogens with zero attached hydrogens (tertiary/aromatic N) is 2. The number of hydrogen-bond donors (Lipinski definition) is 0. The Morgan fingerprint density at radius 2 is 1.75 bits per heavy atom. The van der Waals surface area contributed by atoms with Crippen LogP contribution in [0.1, 0.15) is 0 Å². The van der Waals surface area contributed by atoms with Crippen molar-refractivity contribution in [2.24, 2.45) is 5.03 Å². The van der Waals surface area contributed by atoms with E-state index >= 15 is 0 Å². The first-order chi connectivity index (χ1) is 1.41. The van der Waals surface area contributed by atoms with Gasteiger partial charge in [0.15, 0.2) is 0 Å². The first kappa shape index (κ1) is 9.00. The smallest absolute Gasteiger partial charge is 0.729 e. The summed E-state index contributed by atoms with van der Waals surface area (Å²) in [6, 6.07) is 0. The average Bonchev–Trinajstić information content (AvgIpc) is 0.918. The maximum atomic E-state index is 6.97. The molecule has 4 heteroatoms. The van der Waals surface area contributed by atoms with Crippen LogP contribution in [0.5, 0.6) is 0 Å². The molecule has 0 amide bonds. The van der Waals surface area contributed by atoms with Gasteiger partial charge in [0.25, 0.3) is 0 Å². The molecule has 0 N–H and O–H groups in total. The van der Waals surface area contributed by atoms with Gasteiger partial charge in [0.1, 0.15) is 0 Å². The summed E-state index contributed by atoms with van der Waals surface area (Å²) in [7, 11) is 4.03. The Morgan fingerprint density at radius 3 is 1.75 bits per heavy atom. The molecule has 14 valence electrons. The van der Waals surface area contributed by atoms with Gasteiger partial charge in [-0.1, -0.05) is 0 Å². The molecule has 0 unspecified atom stereocenters. The second-order valence-electron chi connectivity index (χ2n) is 0.115. The molecule has 0 atom stereocenters. The molecular weight excluding hydrogens is 77.9 g/mol. The molecular formula is BKN2. The normalized spacial score (nSPS) is 3.00. The zero-order valence-electron chi connectivity index (χ0n) is 2.47. The van der Waals surface area contributed by atoms with Crippen LogP contribution in [0.15, 0.2) is 5.03 Å². The van der Waals surface area contributed by atoms with Crippen molar-refractivity contribution in [1.82, 2.24) is 0 Å². The maximum absolute atomic E-state index is 6.97.